The van der Waals surface area contributed by atoms with Crippen LogP contribution in [0.1, 0.15) is 13.3 Å². The highest BCUT2D eigenvalue weighted by atomic mass is 16.7. The van der Waals surface area contributed by atoms with Crippen LogP contribution >= 0.6 is 0 Å². The molecule has 1 rings (SSSR count). The number of hydrogen-bond donors (Lipinski definition) is 1. The largest absolute Gasteiger partial charge is 0.369 e. The molecule has 0 radical (unpaired) electrons. The Balaban J connectivity index is 2.64. The highest BCUT2D eigenvalue weighted by molar-refractivity contribution is 5.81. The molecule has 1 heterocycles. The Morgan fingerprint density at radius 2 is 2.09 bits per heavy atom. The summed E-state index contributed by atoms with van der Waals surface area (Å²) in [5, 5.41) is 0. The van der Waals surface area contributed by atoms with E-state index in [9.17, 15) is 4.79 Å². The van der Waals surface area contributed by atoms with Gasteiger partial charge in [-0.2, -0.15) is 0 Å². The van der Waals surface area contributed by atoms with Crippen LogP contribution in [0, 0.1) is 5.41 Å². The van der Waals surface area contributed by atoms with E-state index in [1.807, 2.05) is 6.92 Å². The zero-order valence-corrected chi connectivity index (χ0v) is 6.63. The Morgan fingerprint density at radius 1 is 1.55 bits per heavy atom. The van der Waals surface area contributed by atoms with E-state index in [2.05, 4.69) is 0 Å². The van der Waals surface area contributed by atoms with Gasteiger partial charge < -0.3 is 15.2 Å². The van der Waals surface area contributed by atoms with Gasteiger partial charge in [0.25, 0.3) is 0 Å². The summed E-state index contributed by atoms with van der Waals surface area (Å²) in [7, 11) is 0. The van der Waals surface area contributed by atoms with Crippen molar-refractivity contribution in [3.05, 3.63) is 0 Å². The first kappa shape index (κ1) is 8.49. The number of rotatable bonds is 2. The second kappa shape index (κ2) is 3.19. The molecular weight excluding hydrogens is 146 g/mol. The standard InChI is InChI=1S/C7H13NO3/c1-2-7(6(8)9)3-10-5-11-4-7/h2-5H2,1H3,(H2,8,9). The molecule has 0 saturated carbocycles. The maximum Gasteiger partial charge on any atom is 0.228 e. The van der Waals surface area contributed by atoms with Crippen LogP contribution in [0.2, 0.25) is 0 Å². The van der Waals surface area contributed by atoms with E-state index < -0.39 is 5.41 Å². The predicted molar refractivity (Wildman–Crippen MR) is 38.7 cm³/mol. The summed E-state index contributed by atoms with van der Waals surface area (Å²) in [6.45, 7) is 2.95. The molecule has 0 aromatic carbocycles. The van der Waals surface area contributed by atoms with Crippen LogP contribution in [0.25, 0.3) is 0 Å². The van der Waals surface area contributed by atoms with Crippen molar-refractivity contribution >= 4 is 5.91 Å². The molecule has 0 aromatic heterocycles. The molecule has 4 nitrogen and oxygen atoms in total. The first-order valence-corrected chi connectivity index (χ1v) is 3.67. The third-order valence-electron chi connectivity index (χ3n) is 2.12. The molecule has 1 saturated heterocycles. The molecule has 2 N–H and O–H groups in total. The summed E-state index contributed by atoms with van der Waals surface area (Å²) < 4.78 is 10.0. The molecule has 0 spiro atoms. The molecule has 0 aromatic rings. The Bertz CT molecular complexity index is 152. The summed E-state index contributed by atoms with van der Waals surface area (Å²) in [4.78, 5) is 11.0. The zero-order chi connectivity index (χ0) is 8.32. The Morgan fingerprint density at radius 3 is 2.36 bits per heavy atom. The second-order valence-corrected chi connectivity index (χ2v) is 2.81. The monoisotopic (exact) mass is 159 g/mol. The van der Waals surface area contributed by atoms with Crippen LogP contribution in [-0.4, -0.2) is 25.9 Å². The van der Waals surface area contributed by atoms with Gasteiger partial charge in [-0.1, -0.05) is 6.92 Å². The van der Waals surface area contributed by atoms with E-state index in [0.29, 0.717) is 19.6 Å². The maximum absolute atomic E-state index is 11.0. The molecule has 11 heavy (non-hydrogen) atoms. The number of nitrogens with two attached hydrogens (primary N) is 1. The summed E-state index contributed by atoms with van der Waals surface area (Å²) in [5.41, 5.74) is 4.63. The van der Waals surface area contributed by atoms with Gasteiger partial charge in [-0.3, -0.25) is 4.79 Å². The van der Waals surface area contributed by atoms with Crippen molar-refractivity contribution in [3.8, 4) is 0 Å². The molecule has 0 unspecified atom stereocenters. The quantitative estimate of drug-likeness (QED) is 0.610. The first-order chi connectivity index (χ1) is 5.21. The van der Waals surface area contributed by atoms with Crippen molar-refractivity contribution in [3.63, 3.8) is 0 Å². The van der Waals surface area contributed by atoms with E-state index in [0.717, 1.165) is 0 Å². The lowest BCUT2D eigenvalue weighted by Gasteiger charge is -2.32. The molecule has 1 fully saturated rings. The minimum absolute atomic E-state index is 0.273. The maximum atomic E-state index is 11.0. The average molecular weight is 159 g/mol. The van der Waals surface area contributed by atoms with Crippen LogP contribution in [0.4, 0.5) is 0 Å². The second-order valence-electron chi connectivity index (χ2n) is 2.81. The van der Waals surface area contributed by atoms with E-state index in [-0.39, 0.29) is 12.7 Å². The Labute approximate surface area is 65.7 Å². The Kier molecular flexibility index (Phi) is 2.46. The fourth-order valence-electron chi connectivity index (χ4n) is 1.10. The third kappa shape index (κ3) is 1.52. The molecule has 0 atom stereocenters. The number of amides is 1. The van der Waals surface area contributed by atoms with E-state index in [1.165, 1.54) is 0 Å². The molecule has 0 aliphatic carbocycles. The minimum Gasteiger partial charge on any atom is -0.369 e. The van der Waals surface area contributed by atoms with E-state index in [1.54, 1.807) is 0 Å². The van der Waals surface area contributed by atoms with Gasteiger partial charge in [-0.25, -0.2) is 0 Å². The van der Waals surface area contributed by atoms with Gasteiger partial charge in [-0.05, 0) is 6.42 Å². The lowest BCUT2D eigenvalue weighted by Crippen LogP contribution is -2.47. The van der Waals surface area contributed by atoms with Crippen molar-refractivity contribution in [2.75, 3.05) is 20.0 Å². The van der Waals surface area contributed by atoms with Gasteiger partial charge in [0.05, 0.1) is 18.6 Å². The molecule has 1 aliphatic rings. The molecule has 4 heteroatoms. The highest BCUT2D eigenvalue weighted by Crippen LogP contribution is 2.25. The lowest BCUT2D eigenvalue weighted by atomic mass is 9.86. The molecular formula is C7H13NO3. The van der Waals surface area contributed by atoms with Gasteiger partial charge in [-0.15, -0.1) is 0 Å². The number of carbonyl (C=O) groups is 1. The normalized spacial score (nSPS) is 23.0. The molecule has 64 valence electrons. The lowest BCUT2D eigenvalue weighted by molar-refractivity contribution is -0.176. The molecule has 0 bridgehead atoms. The average Bonchev–Trinajstić information content (AvgIpc) is 2.05. The van der Waals surface area contributed by atoms with Crippen molar-refractivity contribution in [2.24, 2.45) is 11.1 Å². The van der Waals surface area contributed by atoms with Gasteiger partial charge in [0, 0.05) is 0 Å². The van der Waals surface area contributed by atoms with Gasteiger partial charge in [0.2, 0.25) is 5.91 Å². The third-order valence-corrected chi connectivity index (χ3v) is 2.12. The minimum atomic E-state index is -0.585. The molecule has 1 amide bonds. The fraction of sp³-hybridized carbons (Fsp3) is 0.857. The van der Waals surface area contributed by atoms with Crippen molar-refractivity contribution < 1.29 is 14.3 Å². The van der Waals surface area contributed by atoms with Crippen LogP contribution < -0.4 is 5.73 Å². The van der Waals surface area contributed by atoms with Gasteiger partial charge >= 0.3 is 0 Å². The van der Waals surface area contributed by atoms with Crippen molar-refractivity contribution in [2.45, 2.75) is 13.3 Å². The zero-order valence-electron chi connectivity index (χ0n) is 6.63. The fourth-order valence-corrected chi connectivity index (χ4v) is 1.10. The van der Waals surface area contributed by atoms with Crippen LogP contribution in [0.3, 0.4) is 0 Å². The smallest absolute Gasteiger partial charge is 0.228 e. The summed E-state index contributed by atoms with van der Waals surface area (Å²) in [6.07, 6.45) is 0.669. The molecule has 1 aliphatic heterocycles. The number of primary amides is 1. The van der Waals surface area contributed by atoms with Crippen molar-refractivity contribution in [1.82, 2.24) is 0 Å². The summed E-state index contributed by atoms with van der Waals surface area (Å²) in [6, 6.07) is 0. The van der Waals surface area contributed by atoms with Crippen LogP contribution in [0.5, 0.6) is 0 Å². The first-order valence-electron chi connectivity index (χ1n) is 3.67. The number of carbonyl (C=O) groups excluding carboxylic acids is 1. The summed E-state index contributed by atoms with van der Waals surface area (Å²) in [5.74, 6) is -0.334. The van der Waals surface area contributed by atoms with E-state index >= 15 is 0 Å². The number of hydrogen-bond acceptors (Lipinski definition) is 3. The van der Waals surface area contributed by atoms with Crippen LogP contribution in [0.15, 0.2) is 0 Å². The summed E-state index contributed by atoms with van der Waals surface area (Å²) >= 11 is 0. The number of ether oxygens (including phenoxy) is 2. The van der Waals surface area contributed by atoms with Crippen molar-refractivity contribution in [1.29, 1.82) is 0 Å². The van der Waals surface area contributed by atoms with Gasteiger partial charge in [0.1, 0.15) is 6.79 Å². The topological polar surface area (TPSA) is 61.6 Å². The van der Waals surface area contributed by atoms with Crippen LogP contribution in [-0.2, 0) is 14.3 Å². The van der Waals surface area contributed by atoms with Gasteiger partial charge in [0.15, 0.2) is 0 Å². The van der Waals surface area contributed by atoms with E-state index in [4.69, 9.17) is 15.2 Å². The predicted octanol–water partition coefficient (Wildman–Crippen LogP) is -0.128. The Hall–Kier alpha value is -0.610. The highest BCUT2D eigenvalue weighted by Gasteiger charge is 2.37. The SMILES string of the molecule is CCC1(C(N)=O)COCOC1.